The molecule has 0 bridgehead atoms. The average Bonchev–Trinajstić information content (AvgIpc) is 2.34. The van der Waals surface area contributed by atoms with Gasteiger partial charge in [0.25, 0.3) is 0 Å². The normalized spacial score (nSPS) is 11.3. The summed E-state index contributed by atoms with van der Waals surface area (Å²) >= 11 is 0. The Morgan fingerprint density at radius 2 is 1.94 bits per heavy atom. The van der Waals surface area contributed by atoms with Gasteiger partial charge in [0.2, 0.25) is 0 Å². The van der Waals surface area contributed by atoms with Crippen molar-refractivity contribution < 1.29 is 5.11 Å². The minimum Gasteiger partial charge on any atom is -0.507 e. The maximum absolute atomic E-state index is 10.4. The molecule has 0 aromatic heterocycles. The molecule has 3 nitrogen and oxygen atoms in total. The Morgan fingerprint density at radius 1 is 1.22 bits per heavy atom. The molecule has 0 saturated heterocycles. The fourth-order valence-electron chi connectivity index (χ4n) is 2.28. The van der Waals surface area contributed by atoms with Gasteiger partial charge in [-0.05, 0) is 38.0 Å². The monoisotopic (exact) mass is 244 g/mol. The molecule has 0 amide bonds. The number of rotatable bonds is 4. The van der Waals surface area contributed by atoms with Crippen LogP contribution in [0.2, 0.25) is 0 Å². The van der Waals surface area contributed by atoms with Crippen LogP contribution in [0.3, 0.4) is 0 Å². The Bertz CT molecular complexity index is 549. The summed E-state index contributed by atoms with van der Waals surface area (Å²) in [6.45, 7) is 1.42. The van der Waals surface area contributed by atoms with E-state index in [2.05, 4.69) is 28.4 Å². The van der Waals surface area contributed by atoms with Gasteiger partial charge in [-0.25, -0.2) is 0 Å². The van der Waals surface area contributed by atoms with Gasteiger partial charge in [-0.1, -0.05) is 24.3 Å². The van der Waals surface area contributed by atoms with Gasteiger partial charge in [0, 0.05) is 24.2 Å². The fraction of sp³-hybridized carbons (Fsp3) is 0.333. The van der Waals surface area contributed by atoms with E-state index in [-0.39, 0.29) is 0 Å². The van der Waals surface area contributed by atoms with Crippen LogP contribution in [0.4, 0.5) is 0 Å². The molecule has 2 aromatic rings. The van der Waals surface area contributed by atoms with E-state index in [1.54, 1.807) is 0 Å². The first-order valence-electron chi connectivity index (χ1n) is 6.15. The van der Waals surface area contributed by atoms with E-state index in [1.807, 2.05) is 33.3 Å². The molecule has 0 aliphatic heterocycles. The van der Waals surface area contributed by atoms with Crippen LogP contribution < -0.4 is 5.32 Å². The summed E-state index contributed by atoms with van der Waals surface area (Å²) in [5, 5.41) is 15.8. The lowest BCUT2D eigenvalue weighted by Gasteiger charge is -2.17. The molecule has 18 heavy (non-hydrogen) atoms. The lowest BCUT2D eigenvalue weighted by atomic mass is 9.99. The number of nitrogens with one attached hydrogen (secondary N) is 1. The van der Waals surface area contributed by atoms with Crippen molar-refractivity contribution in [3.05, 3.63) is 41.5 Å². The van der Waals surface area contributed by atoms with Gasteiger partial charge in [0.1, 0.15) is 5.75 Å². The second-order valence-corrected chi connectivity index (χ2v) is 4.85. The molecule has 2 N–H and O–H groups in total. The van der Waals surface area contributed by atoms with E-state index < -0.39 is 0 Å². The number of hydrogen-bond donors (Lipinski definition) is 2. The molecule has 0 heterocycles. The first-order chi connectivity index (χ1) is 8.63. The van der Waals surface area contributed by atoms with Crippen LogP contribution in [0.5, 0.6) is 5.75 Å². The van der Waals surface area contributed by atoms with Gasteiger partial charge in [-0.15, -0.1) is 0 Å². The van der Waals surface area contributed by atoms with Crippen molar-refractivity contribution >= 4 is 10.8 Å². The Morgan fingerprint density at radius 3 is 2.61 bits per heavy atom. The Kier molecular flexibility index (Phi) is 3.84. The minimum atomic E-state index is 0.414. The first-order valence-corrected chi connectivity index (χ1v) is 6.15. The summed E-state index contributed by atoms with van der Waals surface area (Å²) in [6, 6.07) is 10.3. The van der Waals surface area contributed by atoms with Crippen LogP contribution >= 0.6 is 0 Å². The van der Waals surface area contributed by atoms with Crippen LogP contribution in [0.15, 0.2) is 30.3 Å². The Labute approximate surface area is 108 Å². The number of benzene rings is 2. The molecule has 0 radical (unpaired) electrons. The number of phenolic OH excluding ortho intramolecular Hbond substituents is 1. The maximum Gasteiger partial charge on any atom is 0.125 e. The topological polar surface area (TPSA) is 35.5 Å². The van der Waals surface area contributed by atoms with Crippen molar-refractivity contribution in [1.29, 1.82) is 0 Å². The molecular formula is C15H20N2O. The van der Waals surface area contributed by atoms with Crippen LogP contribution in [0.25, 0.3) is 10.8 Å². The molecule has 0 unspecified atom stereocenters. The van der Waals surface area contributed by atoms with E-state index >= 15 is 0 Å². The first kappa shape index (κ1) is 12.9. The second-order valence-electron chi connectivity index (χ2n) is 4.85. The number of fused-ring (bicyclic) bond motifs is 1. The number of aromatic hydroxyl groups is 1. The largest absolute Gasteiger partial charge is 0.507 e. The Hall–Kier alpha value is -1.58. The third kappa shape index (κ3) is 2.47. The van der Waals surface area contributed by atoms with E-state index in [0.717, 1.165) is 23.1 Å². The summed E-state index contributed by atoms with van der Waals surface area (Å²) < 4.78 is 0. The van der Waals surface area contributed by atoms with Crippen LogP contribution in [-0.4, -0.2) is 31.1 Å². The van der Waals surface area contributed by atoms with Crippen molar-refractivity contribution in [2.24, 2.45) is 0 Å². The average molecular weight is 244 g/mol. The van der Waals surface area contributed by atoms with Crippen molar-refractivity contribution in [2.75, 3.05) is 21.1 Å². The highest BCUT2D eigenvalue weighted by Crippen LogP contribution is 2.32. The molecular weight excluding hydrogens is 224 g/mol. The molecule has 2 rings (SSSR count). The molecule has 0 aliphatic carbocycles. The SMILES string of the molecule is CNCc1cc2ccccc2c(CN(C)C)c1O. The standard InChI is InChI=1S/C15H20N2O/c1-16-9-12-8-11-6-4-5-7-13(11)14(15(12)18)10-17(2)3/h4-8,16,18H,9-10H2,1-3H3. The predicted octanol–water partition coefficient (Wildman–Crippen LogP) is 2.33. The van der Waals surface area contributed by atoms with E-state index in [0.29, 0.717) is 12.3 Å². The van der Waals surface area contributed by atoms with Gasteiger partial charge in [-0.2, -0.15) is 0 Å². The molecule has 0 aliphatic rings. The molecule has 0 saturated carbocycles. The van der Waals surface area contributed by atoms with E-state index in [9.17, 15) is 5.11 Å². The van der Waals surface area contributed by atoms with E-state index in [4.69, 9.17) is 0 Å². The lowest BCUT2D eigenvalue weighted by molar-refractivity contribution is 0.386. The van der Waals surface area contributed by atoms with Crippen molar-refractivity contribution in [2.45, 2.75) is 13.1 Å². The van der Waals surface area contributed by atoms with Crippen LogP contribution in [0, 0.1) is 0 Å². The number of nitrogens with zero attached hydrogens (tertiary/aromatic N) is 1. The van der Waals surface area contributed by atoms with Gasteiger partial charge in [-0.3, -0.25) is 0 Å². The summed E-state index contributed by atoms with van der Waals surface area (Å²) in [5.74, 6) is 0.414. The highest BCUT2D eigenvalue weighted by atomic mass is 16.3. The zero-order valence-corrected chi connectivity index (χ0v) is 11.2. The van der Waals surface area contributed by atoms with Crippen molar-refractivity contribution in [3.63, 3.8) is 0 Å². The molecule has 0 fully saturated rings. The second kappa shape index (κ2) is 5.38. The van der Waals surface area contributed by atoms with Gasteiger partial charge in [0.05, 0.1) is 0 Å². The third-order valence-electron chi connectivity index (χ3n) is 3.05. The minimum absolute atomic E-state index is 0.414. The summed E-state index contributed by atoms with van der Waals surface area (Å²) in [5.41, 5.74) is 1.96. The van der Waals surface area contributed by atoms with Crippen LogP contribution in [0.1, 0.15) is 11.1 Å². The molecule has 0 atom stereocenters. The van der Waals surface area contributed by atoms with Crippen molar-refractivity contribution in [3.8, 4) is 5.75 Å². The third-order valence-corrected chi connectivity index (χ3v) is 3.05. The number of hydrogen-bond acceptors (Lipinski definition) is 3. The lowest BCUT2D eigenvalue weighted by Crippen LogP contribution is -2.13. The molecule has 0 spiro atoms. The molecule has 3 heteroatoms. The zero-order chi connectivity index (χ0) is 13.1. The zero-order valence-electron chi connectivity index (χ0n) is 11.2. The highest BCUT2D eigenvalue weighted by molar-refractivity contribution is 5.88. The quantitative estimate of drug-likeness (QED) is 0.866. The summed E-state index contributed by atoms with van der Waals surface area (Å²) in [6.07, 6.45) is 0. The number of phenols is 1. The summed E-state index contributed by atoms with van der Waals surface area (Å²) in [4.78, 5) is 2.07. The van der Waals surface area contributed by atoms with Gasteiger partial charge < -0.3 is 15.3 Å². The maximum atomic E-state index is 10.4. The predicted molar refractivity (Wildman–Crippen MR) is 75.8 cm³/mol. The highest BCUT2D eigenvalue weighted by Gasteiger charge is 2.12. The molecule has 96 valence electrons. The van der Waals surface area contributed by atoms with Crippen molar-refractivity contribution in [1.82, 2.24) is 10.2 Å². The molecule has 2 aromatic carbocycles. The van der Waals surface area contributed by atoms with Gasteiger partial charge in [0.15, 0.2) is 0 Å². The fourth-order valence-corrected chi connectivity index (χ4v) is 2.28. The van der Waals surface area contributed by atoms with Crippen LogP contribution in [-0.2, 0) is 13.1 Å². The van der Waals surface area contributed by atoms with E-state index in [1.165, 1.54) is 5.39 Å². The smallest absolute Gasteiger partial charge is 0.125 e. The van der Waals surface area contributed by atoms with Gasteiger partial charge >= 0.3 is 0 Å². The summed E-state index contributed by atoms with van der Waals surface area (Å²) in [7, 11) is 5.91. The Balaban J connectivity index is 2.64.